The molecule has 42 valence electrons. The van der Waals surface area contributed by atoms with Crippen LogP contribution in [0.15, 0.2) is 0 Å². The first-order chi connectivity index (χ1) is 3.18. The standard InChI is InChI=1S/C4H6O3.Na.H/c1-2-3(5)4(6)7;;/h2H2,1H3,(H,6,7);;/q;+1;-1. The molecule has 0 radical (unpaired) electrons. The number of hydrogen-bond donors (Lipinski definition) is 1. The van der Waals surface area contributed by atoms with E-state index < -0.39 is 11.8 Å². The summed E-state index contributed by atoms with van der Waals surface area (Å²) in [4.78, 5) is 19.5. The number of ketones is 1. The molecule has 4 heteroatoms. The van der Waals surface area contributed by atoms with E-state index in [0.717, 1.165) is 0 Å². The maximum Gasteiger partial charge on any atom is 1.00 e. The average Bonchev–Trinajstić information content (AvgIpc) is 1.65. The van der Waals surface area contributed by atoms with Crippen molar-refractivity contribution >= 4 is 11.8 Å². The molecule has 0 heterocycles. The molecule has 1 N–H and O–H groups in total. The second-order valence-corrected chi connectivity index (χ2v) is 1.08. The SMILES string of the molecule is CCC(=O)C(=O)O.[H-].[Na+]. The second-order valence-electron chi connectivity index (χ2n) is 1.08. The van der Waals surface area contributed by atoms with Crippen molar-refractivity contribution in [3.63, 3.8) is 0 Å². The average molecular weight is 126 g/mol. The van der Waals surface area contributed by atoms with Crippen LogP contribution in [0, 0.1) is 0 Å². The summed E-state index contributed by atoms with van der Waals surface area (Å²) in [5.74, 6) is -2.08. The molecule has 0 aliphatic heterocycles. The Bertz CT molecular complexity index is 104. The second kappa shape index (κ2) is 5.28. The Kier molecular flexibility index (Phi) is 7.26. The van der Waals surface area contributed by atoms with Gasteiger partial charge in [0.05, 0.1) is 0 Å². The summed E-state index contributed by atoms with van der Waals surface area (Å²) in [5.41, 5.74) is 0. The maximum atomic E-state index is 9.91. The first kappa shape index (κ1) is 11.0. The predicted octanol–water partition coefficient (Wildman–Crippen LogP) is -2.83. The zero-order valence-corrected chi connectivity index (χ0v) is 6.97. The zero-order chi connectivity index (χ0) is 5.86. The molecule has 3 nitrogen and oxygen atoms in total. The van der Waals surface area contributed by atoms with Crippen molar-refractivity contribution in [3.05, 3.63) is 0 Å². The van der Waals surface area contributed by atoms with Crippen LogP contribution in [0.4, 0.5) is 0 Å². The van der Waals surface area contributed by atoms with Gasteiger partial charge < -0.3 is 6.53 Å². The number of carbonyl (C=O) groups excluding carboxylic acids is 1. The van der Waals surface area contributed by atoms with Crippen molar-refractivity contribution < 1.29 is 45.7 Å². The molecule has 0 aliphatic carbocycles. The van der Waals surface area contributed by atoms with Gasteiger partial charge in [0.2, 0.25) is 5.78 Å². The van der Waals surface area contributed by atoms with Crippen LogP contribution in [-0.2, 0) is 9.59 Å². The number of carbonyl (C=O) groups is 2. The third kappa shape index (κ3) is 4.30. The summed E-state index contributed by atoms with van der Waals surface area (Å²) >= 11 is 0. The maximum absolute atomic E-state index is 9.91. The van der Waals surface area contributed by atoms with E-state index in [9.17, 15) is 9.59 Å². The minimum Gasteiger partial charge on any atom is -1.00 e. The number of Topliss-reactive ketones (excluding diaryl/α,β-unsaturated/α-hetero) is 1. The summed E-state index contributed by atoms with van der Waals surface area (Å²) in [5, 5.41) is 7.83. The summed E-state index contributed by atoms with van der Waals surface area (Å²) in [6, 6.07) is 0. The van der Waals surface area contributed by atoms with Gasteiger partial charge in [0.1, 0.15) is 0 Å². The molecule has 0 rings (SSSR count). The van der Waals surface area contributed by atoms with Gasteiger partial charge >= 0.3 is 35.5 Å². The molecular formula is C4H7NaO3. The molecular weight excluding hydrogens is 119 g/mol. The van der Waals surface area contributed by atoms with Crippen LogP contribution in [0.1, 0.15) is 14.8 Å². The summed E-state index contributed by atoms with van der Waals surface area (Å²) in [6.07, 6.45) is 0.0787. The van der Waals surface area contributed by atoms with Crippen LogP contribution in [0.2, 0.25) is 0 Å². The number of hydrogen-bond acceptors (Lipinski definition) is 2. The van der Waals surface area contributed by atoms with Gasteiger partial charge in [0.15, 0.2) is 0 Å². The van der Waals surface area contributed by atoms with Crippen LogP contribution in [0.25, 0.3) is 0 Å². The molecule has 0 atom stereocenters. The van der Waals surface area contributed by atoms with Gasteiger partial charge in [-0.3, -0.25) is 4.79 Å². The van der Waals surface area contributed by atoms with E-state index in [-0.39, 0.29) is 37.4 Å². The molecule has 0 bridgehead atoms. The van der Waals surface area contributed by atoms with Crippen LogP contribution in [-0.4, -0.2) is 16.9 Å². The molecule has 0 amide bonds. The van der Waals surface area contributed by atoms with E-state index in [1.165, 1.54) is 6.92 Å². The summed E-state index contributed by atoms with van der Waals surface area (Å²) in [7, 11) is 0. The largest absolute Gasteiger partial charge is 1.00 e. The quantitative estimate of drug-likeness (QED) is 0.320. The Morgan fingerprint density at radius 2 is 2.00 bits per heavy atom. The number of aliphatic carboxylic acids is 1. The monoisotopic (exact) mass is 126 g/mol. The van der Waals surface area contributed by atoms with E-state index in [1.807, 2.05) is 0 Å². The van der Waals surface area contributed by atoms with Gasteiger partial charge in [-0.2, -0.15) is 0 Å². The van der Waals surface area contributed by atoms with Crippen molar-refractivity contribution in [2.75, 3.05) is 0 Å². The summed E-state index contributed by atoms with van der Waals surface area (Å²) in [6.45, 7) is 1.51. The molecule has 0 aromatic heterocycles. The molecule has 0 saturated carbocycles. The van der Waals surface area contributed by atoms with E-state index in [1.54, 1.807) is 0 Å². The molecule has 0 aromatic rings. The Morgan fingerprint density at radius 1 is 1.62 bits per heavy atom. The first-order valence-corrected chi connectivity index (χ1v) is 1.94. The van der Waals surface area contributed by atoms with Gasteiger partial charge in [-0.1, -0.05) is 6.92 Å². The fourth-order valence-electron chi connectivity index (χ4n) is 0.151. The van der Waals surface area contributed by atoms with Crippen LogP contribution in [0.3, 0.4) is 0 Å². The van der Waals surface area contributed by atoms with Crippen molar-refractivity contribution in [1.82, 2.24) is 0 Å². The Hall–Kier alpha value is 0.140. The van der Waals surface area contributed by atoms with Crippen molar-refractivity contribution in [3.8, 4) is 0 Å². The van der Waals surface area contributed by atoms with Gasteiger partial charge in [-0.15, -0.1) is 0 Å². The van der Waals surface area contributed by atoms with Gasteiger partial charge in [-0.05, 0) is 0 Å². The minimum atomic E-state index is -1.34. The molecule has 0 aromatic carbocycles. The number of carboxylic acids is 1. The number of carboxylic acid groups (broad SMARTS) is 1. The van der Waals surface area contributed by atoms with E-state index in [4.69, 9.17) is 5.11 Å². The third-order valence-electron chi connectivity index (χ3n) is 0.560. The smallest absolute Gasteiger partial charge is 1.00 e. The molecule has 0 fully saturated rings. The van der Waals surface area contributed by atoms with Crippen LogP contribution < -0.4 is 29.6 Å². The summed E-state index contributed by atoms with van der Waals surface area (Å²) < 4.78 is 0. The Morgan fingerprint density at radius 3 is 2.00 bits per heavy atom. The van der Waals surface area contributed by atoms with Gasteiger partial charge in [0.25, 0.3) is 0 Å². The fraction of sp³-hybridized carbons (Fsp3) is 0.500. The molecule has 0 unspecified atom stereocenters. The van der Waals surface area contributed by atoms with Crippen molar-refractivity contribution in [2.24, 2.45) is 0 Å². The fourth-order valence-corrected chi connectivity index (χ4v) is 0.151. The number of rotatable bonds is 2. The molecule has 8 heavy (non-hydrogen) atoms. The topological polar surface area (TPSA) is 54.4 Å². The van der Waals surface area contributed by atoms with Gasteiger partial charge in [-0.25, -0.2) is 4.79 Å². The minimum absolute atomic E-state index is 0. The van der Waals surface area contributed by atoms with E-state index >= 15 is 0 Å². The van der Waals surface area contributed by atoms with E-state index in [2.05, 4.69) is 0 Å². The van der Waals surface area contributed by atoms with Crippen LogP contribution >= 0.6 is 0 Å². The Balaban J connectivity index is -0.000000180. The van der Waals surface area contributed by atoms with E-state index in [0.29, 0.717) is 0 Å². The van der Waals surface area contributed by atoms with Crippen molar-refractivity contribution in [2.45, 2.75) is 13.3 Å². The third-order valence-corrected chi connectivity index (χ3v) is 0.560. The predicted molar refractivity (Wildman–Crippen MR) is 24.0 cm³/mol. The Labute approximate surface area is 70.8 Å². The normalized spacial score (nSPS) is 7.12. The molecule has 0 aliphatic rings. The first-order valence-electron chi connectivity index (χ1n) is 1.94. The van der Waals surface area contributed by atoms with Crippen molar-refractivity contribution in [1.29, 1.82) is 0 Å². The zero-order valence-electron chi connectivity index (χ0n) is 5.97. The van der Waals surface area contributed by atoms with Crippen LogP contribution in [0.5, 0.6) is 0 Å². The van der Waals surface area contributed by atoms with Gasteiger partial charge in [0, 0.05) is 6.42 Å². The molecule has 0 saturated heterocycles. The molecule has 0 spiro atoms.